The number of anilines is 1. The summed E-state index contributed by atoms with van der Waals surface area (Å²) < 4.78 is 0.631. The largest absolute Gasteiger partial charge is 0.508 e. The number of nitrogens with one attached hydrogen (secondary N) is 1. The lowest BCUT2D eigenvalue weighted by atomic mass is 10.2. The van der Waals surface area contributed by atoms with Crippen molar-refractivity contribution in [2.45, 2.75) is 0 Å². The molecule has 1 amide bonds. The summed E-state index contributed by atoms with van der Waals surface area (Å²) in [5, 5.41) is 12.4. The van der Waals surface area contributed by atoms with E-state index in [0.717, 1.165) is 0 Å². The first-order valence-corrected chi connectivity index (χ1v) is 6.29. The van der Waals surface area contributed by atoms with Crippen molar-refractivity contribution < 1.29 is 9.90 Å². The number of benzene rings is 2. The molecule has 3 nitrogen and oxygen atoms in total. The molecule has 2 aromatic carbocycles. The minimum absolute atomic E-state index is 0.153. The second kappa shape index (κ2) is 5.42. The Morgan fingerprint density at radius 3 is 2.44 bits per heavy atom. The summed E-state index contributed by atoms with van der Waals surface area (Å²) in [7, 11) is 0. The van der Waals surface area contributed by atoms with Crippen LogP contribution in [0.5, 0.6) is 5.75 Å². The van der Waals surface area contributed by atoms with Crippen LogP contribution in [0.4, 0.5) is 5.69 Å². The average Bonchev–Trinajstić information content (AvgIpc) is 2.32. The van der Waals surface area contributed by atoms with Crippen molar-refractivity contribution in [1.29, 1.82) is 0 Å². The molecule has 0 fully saturated rings. The summed E-state index contributed by atoms with van der Waals surface area (Å²) in [6.45, 7) is 0. The van der Waals surface area contributed by atoms with Crippen LogP contribution in [0.25, 0.3) is 0 Å². The first-order valence-electron chi connectivity index (χ1n) is 5.12. The molecule has 0 heterocycles. The number of carbonyl (C=O) groups excluding carboxylic acids is 1. The Morgan fingerprint density at radius 2 is 1.83 bits per heavy atom. The normalized spacial score (nSPS) is 10.1. The van der Waals surface area contributed by atoms with Crippen LogP contribution >= 0.6 is 27.5 Å². The van der Waals surface area contributed by atoms with Crippen molar-refractivity contribution in [2.75, 3.05) is 5.32 Å². The number of rotatable bonds is 2. The number of carbonyl (C=O) groups is 1. The molecule has 92 valence electrons. The molecule has 0 saturated heterocycles. The van der Waals surface area contributed by atoms with E-state index < -0.39 is 0 Å². The van der Waals surface area contributed by atoms with E-state index in [9.17, 15) is 4.79 Å². The molecule has 2 rings (SSSR count). The SMILES string of the molecule is O=C(Nc1ccc(O)cc1)c1ccc(Cl)cc1Br. The second-order valence-corrected chi connectivity index (χ2v) is 4.92. The molecule has 2 aromatic rings. The Labute approximate surface area is 118 Å². The summed E-state index contributed by atoms with van der Waals surface area (Å²) in [5.41, 5.74) is 1.10. The van der Waals surface area contributed by atoms with Crippen molar-refractivity contribution in [2.24, 2.45) is 0 Å². The van der Waals surface area contributed by atoms with Gasteiger partial charge in [-0.25, -0.2) is 0 Å². The van der Waals surface area contributed by atoms with Gasteiger partial charge in [0.1, 0.15) is 5.75 Å². The van der Waals surface area contributed by atoms with E-state index in [-0.39, 0.29) is 11.7 Å². The summed E-state index contributed by atoms with van der Waals surface area (Å²) in [4.78, 5) is 12.0. The molecule has 18 heavy (non-hydrogen) atoms. The highest BCUT2D eigenvalue weighted by atomic mass is 79.9. The van der Waals surface area contributed by atoms with Gasteiger partial charge in [0.15, 0.2) is 0 Å². The van der Waals surface area contributed by atoms with E-state index in [1.807, 2.05) is 0 Å². The first kappa shape index (κ1) is 12.9. The molecule has 0 aliphatic heterocycles. The molecule has 0 unspecified atom stereocenters. The third-order valence-corrected chi connectivity index (χ3v) is 3.19. The molecule has 0 atom stereocenters. The molecule has 0 aliphatic rings. The number of hydrogen-bond acceptors (Lipinski definition) is 2. The van der Waals surface area contributed by atoms with Crippen LogP contribution in [-0.2, 0) is 0 Å². The van der Waals surface area contributed by atoms with Crippen molar-refractivity contribution in [3.8, 4) is 5.75 Å². The molecule has 0 aromatic heterocycles. The van der Waals surface area contributed by atoms with Crippen molar-refractivity contribution >= 4 is 39.1 Å². The van der Waals surface area contributed by atoms with E-state index in [1.165, 1.54) is 12.1 Å². The monoisotopic (exact) mass is 325 g/mol. The smallest absolute Gasteiger partial charge is 0.256 e. The van der Waals surface area contributed by atoms with Crippen LogP contribution in [0.3, 0.4) is 0 Å². The topological polar surface area (TPSA) is 49.3 Å². The van der Waals surface area contributed by atoms with Crippen LogP contribution in [0.15, 0.2) is 46.9 Å². The third kappa shape index (κ3) is 3.03. The van der Waals surface area contributed by atoms with Gasteiger partial charge >= 0.3 is 0 Å². The van der Waals surface area contributed by atoms with Gasteiger partial charge in [-0.15, -0.1) is 0 Å². The quantitative estimate of drug-likeness (QED) is 0.818. The third-order valence-electron chi connectivity index (χ3n) is 2.30. The zero-order chi connectivity index (χ0) is 13.1. The highest BCUT2D eigenvalue weighted by Crippen LogP contribution is 2.23. The minimum Gasteiger partial charge on any atom is -0.508 e. The summed E-state index contributed by atoms with van der Waals surface area (Å²) in [6.07, 6.45) is 0. The molecule has 0 spiro atoms. The van der Waals surface area contributed by atoms with Crippen LogP contribution in [0, 0.1) is 0 Å². The maximum absolute atomic E-state index is 12.0. The number of phenolic OH excluding ortho intramolecular Hbond substituents is 1. The molecule has 0 aliphatic carbocycles. The predicted molar refractivity (Wildman–Crippen MR) is 75.2 cm³/mol. The predicted octanol–water partition coefficient (Wildman–Crippen LogP) is 4.06. The second-order valence-electron chi connectivity index (χ2n) is 3.63. The number of phenols is 1. The molecular formula is C13H9BrClNO2. The summed E-state index contributed by atoms with van der Waals surface area (Å²) >= 11 is 9.10. The molecule has 5 heteroatoms. The first-order chi connectivity index (χ1) is 8.56. The van der Waals surface area contributed by atoms with E-state index in [4.69, 9.17) is 16.7 Å². The summed E-state index contributed by atoms with van der Waals surface area (Å²) in [6, 6.07) is 11.2. The van der Waals surface area contributed by atoms with E-state index in [1.54, 1.807) is 30.3 Å². The highest BCUT2D eigenvalue weighted by molar-refractivity contribution is 9.10. The van der Waals surface area contributed by atoms with Gasteiger partial charge in [-0.3, -0.25) is 4.79 Å². The Hall–Kier alpha value is -1.52. The zero-order valence-electron chi connectivity index (χ0n) is 9.15. The fraction of sp³-hybridized carbons (Fsp3) is 0. The van der Waals surface area contributed by atoms with Gasteiger partial charge < -0.3 is 10.4 Å². The minimum atomic E-state index is -0.246. The van der Waals surface area contributed by atoms with Gasteiger partial charge in [0.2, 0.25) is 0 Å². The lowest BCUT2D eigenvalue weighted by Crippen LogP contribution is -2.12. The highest BCUT2D eigenvalue weighted by Gasteiger charge is 2.10. The van der Waals surface area contributed by atoms with Crippen molar-refractivity contribution in [3.05, 3.63) is 57.5 Å². The van der Waals surface area contributed by atoms with Crippen LogP contribution in [0.2, 0.25) is 5.02 Å². The summed E-state index contributed by atoms with van der Waals surface area (Å²) in [5.74, 6) is -0.0927. The Bertz CT molecular complexity index is 584. The van der Waals surface area contributed by atoms with Gasteiger partial charge in [0.25, 0.3) is 5.91 Å². The Morgan fingerprint density at radius 1 is 1.17 bits per heavy atom. The van der Waals surface area contributed by atoms with Crippen LogP contribution < -0.4 is 5.32 Å². The van der Waals surface area contributed by atoms with Gasteiger partial charge in [-0.05, 0) is 58.4 Å². The van der Waals surface area contributed by atoms with Crippen molar-refractivity contribution in [3.63, 3.8) is 0 Å². The van der Waals surface area contributed by atoms with Crippen LogP contribution in [0.1, 0.15) is 10.4 Å². The molecule has 0 saturated carbocycles. The number of halogens is 2. The maximum Gasteiger partial charge on any atom is 0.256 e. The fourth-order valence-corrected chi connectivity index (χ4v) is 2.28. The van der Waals surface area contributed by atoms with Gasteiger partial charge in [0, 0.05) is 15.2 Å². The number of aromatic hydroxyl groups is 1. The van der Waals surface area contributed by atoms with E-state index >= 15 is 0 Å². The number of amides is 1. The standard InChI is InChI=1S/C13H9BrClNO2/c14-12-7-8(15)1-6-11(12)13(18)16-9-2-4-10(17)5-3-9/h1-7,17H,(H,16,18). The maximum atomic E-state index is 12.0. The lowest BCUT2D eigenvalue weighted by Gasteiger charge is -2.07. The number of hydrogen-bond donors (Lipinski definition) is 2. The van der Waals surface area contributed by atoms with Gasteiger partial charge in [0.05, 0.1) is 5.56 Å². The van der Waals surface area contributed by atoms with Crippen molar-refractivity contribution in [1.82, 2.24) is 0 Å². The van der Waals surface area contributed by atoms with E-state index in [2.05, 4.69) is 21.2 Å². The van der Waals surface area contributed by atoms with Gasteiger partial charge in [-0.1, -0.05) is 11.6 Å². The van der Waals surface area contributed by atoms with Gasteiger partial charge in [-0.2, -0.15) is 0 Å². The van der Waals surface area contributed by atoms with Crippen LogP contribution in [-0.4, -0.2) is 11.0 Å². The molecule has 0 radical (unpaired) electrons. The molecule has 0 bridgehead atoms. The van der Waals surface area contributed by atoms with E-state index in [0.29, 0.717) is 20.7 Å². The molecular weight excluding hydrogens is 318 g/mol. The Kier molecular flexibility index (Phi) is 3.89. The fourth-order valence-electron chi connectivity index (χ4n) is 1.42. The molecule has 2 N–H and O–H groups in total. The lowest BCUT2D eigenvalue weighted by molar-refractivity contribution is 0.102. The Balaban J connectivity index is 2.19. The average molecular weight is 327 g/mol. The zero-order valence-corrected chi connectivity index (χ0v) is 11.5.